The molecule has 0 bridgehead atoms. The largest absolute Gasteiger partial charge is 0.398 e. The Hall–Kier alpha value is -3.92. The quantitative estimate of drug-likeness (QED) is 0.355. The summed E-state index contributed by atoms with van der Waals surface area (Å²) in [7, 11) is 1.63. The number of anilines is 4. The van der Waals surface area contributed by atoms with E-state index < -0.39 is 4.92 Å². The molecule has 0 radical (unpaired) electrons. The number of nitro benzene ring substituents is 1. The maximum absolute atomic E-state index is 12.7. The van der Waals surface area contributed by atoms with Crippen molar-refractivity contribution in [3.63, 3.8) is 0 Å². The molecule has 3 aromatic rings. The second-order valence-electron chi connectivity index (χ2n) is 7.60. The number of hydrogen-bond acceptors (Lipinski definition) is 8. The van der Waals surface area contributed by atoms with Crippen molar-refractivity contribution in [2.24, 2.45) is 7.05 Å². The lowest BCUT2D eigenvalue weighted by Gasteiger charge is -2.28. The first kappa shape index (κ1) is 21.3. The zero-order valence-corrected chi connectivity index (χ0v) is 17.9. The van der Waals surface area contributed by atoms with Crippen LogP contribution < -0.4 is 21.5 Å². The number of rotatable bonds is 5. The van der Waals surface area contributed by atoms with E-state index in [-0.39, 0.29) is 17.1 Å². The fourth-order valence-electron chi connectivity index (χ4n) is 3.70. The van der Waals surface area contributed by atoms with Crippen LogP contribution in [-0.2, 0) is 11.8 Å². The van der Waals surface area contributed by atoms with E-state index in [0.717, 1.165) is 11.1 Å². The molecule has 0 spiro atoms. The van der Waals surface area contributed by atoms with Crippen molar-refractivity contribution in [2.45, 2.75) is 6.92 Å². The molecule has 10 heteroatoms. The van der Waals surface area contributed by atoms with Gasteiger partial charge in [-0.2, -0.15) is 0 Å². The number of nitrogens with one attached hydrogen (secondary N) is 1. The first-order valence-electron chi connectivity index (χ1n) is 10.2. The minimum absolute atomic E-state index is 0.0449. The van der Waals surface area contributed by atoms with Gasteiger partial charge in [0.25, 0.3) is 11.2 Å². The summed E-state index contributed by atoms with van der Waals surface area (Å²) in [5.74, 6) is 0.0697. The maximum Gasteiger partial charge on any atom is 0.294 e. The minimum Gasteiger partial charge on any atom is -0.398 e. The topological polar surface area (TPSA) is 129 Å². The van der Waals surface area contributed by atoms with Gasteiger partial charge in [-0.1, -0.05) is 12.1 Å². The van der Waals surface area contributed by atoms with E-state index in [0.29, 0.717) is 49.1 Å². The number of benzene rings is 2. The molecule has 0 amide bonds. The highest BCUT2D eigenvalue weighted by Crippen LogP contribution is 2.32. The number of hydrogen-bond donors (Lipinski definition) is 2. The number of ether oxygens (including phenoxy) is 1. The molecule has 0 unspecified atom stereocenters. The van der Waals surface area contributed by atoms with Crippen LogP contribution in [0.4, 0.5) is 28.6 Å². The van der Waals surface area contributed by atoms with Gasteiger partial charge in [-0.25, -0.2) is 4.98 Å². The molecule has 1 aromatic heterocycles. The molecule has 2 heterocycles. The fraction of sp³-hybridized carbons (Fsp3) is 0.273. The third kappa shape index (κ3) is 4.12. The van der Waals surface area contributed by atoms with Crippen molar-refractivity contribution in [3.8, 4) is 11.3 Å². The SMILES string of the molecule is Cc1c(N)cccc1-c1cn(C)c(=O)c(Nc2ccc(N3CCOCC3)c([N+](=O)[O-])c2)n1. The molecule has 0 atom stereocenters. The number of aryl methyl sites for hydroxylation is 1. The molecule has 2 aromatic carbocycles. The smallest absolute Gasteiger partial charge is 0.294 e. The normalized spacial score (nSPS) is 13.8. The Bertz CT molecular complexity index is 1230. The van der Waals surface area contributed by atoms with Gasteiger partial charge >= 0.3 is 0 Å². The highest BCUT2D eigenvalue weighted by atomic mass is 16.6. The lowest BCUT2D eigenvalue weighted by Crippen LogP contribution is -2.36. The molecule has 1 saturated heterocycles. The predicted octanol–water partition coefficient (Wildman–Crippen LogP) is 2.83. The summed E-state index contributed by atoms with van der Waals surface area (Å²) in [5, 5.41) is 14.7. The Morgan fingerprint density at radius 2 is 1.97 bits per heavy atom. The monoisotopic (exact) mass is 436 g/mol. The molecule has 0 saturated carbocycles. The molecule has 4 rings (SSSR count). The maximum atomic E-state index is 12.7. The summed E-state index contributed by atoms with van der Waals surface area (Å²) in [6, 6.07) is 10.3. The number of morpholine rings is 1. The number of aromatic nitrogens is 2. The molecule has 3 N–H and O–H groups in total. The van der Waals surface area contributed by atoms with Crippen LogP contribution in [0, 0.1) is 17.0 Å². The van der Waals surface area contributed by atoms with Crippen LogP contribution in [0.5, 0.6) is 0 Å². The second kappa shape index (κ2) is 8.67. The lowest BCUT2D eigenvalue weighted by atomic mass is 10.0. The molecule has 166 valence electrons. The number of nitrogen functional groups attached to an aromatic ring is 1. The minimum atomic E-state index is -0.423. The average Bonchev–Trinajstić information content (AvgIpc) is 2.79. The van der Waals surface area contributed by atoms with E-state index in [9.17, 15) is 14.9 Å². The molecule has 10 nitrogen and oxygen atoms in total. The zero-order valence-electron chi connectivity index (χ0n) is 17.9. The van der Waals surface area contributed by atoms with Crippen LogP contribution in [0.2, 0.25) is 0 Å². The Morgan fingerprint density at radius 3 is 2.69 bits per heavy atom. The summed E-state index contributed by atoms with van der Waals surface area (Å²) in [6.45, 7) is 4.09. The highest BCUT2D eigenvalue weighted by Gasteiger charge is 2.22. The van der Waals surface area contributed by atoms with E-state index in [1.165, 1.54) is 10.6 Å². The molecule has 32 heavy (non-hydrogen) atoms. The van der Waals surface area contributed by atoms with Crippen molar-refractivity contribution in [3.05, 3.63) is 68.6 Å². The van der Waals surface area contributed by atoms with Gasteiger partial charge in [0.15, 0.2) is 5.82 Å². The van der Waals surface area contributed by atoms with Gasteiger partial charge in [0.2, 0.25) is 0 Å². The van der Waals surface area contributed by atoms with Crippen LogP contribution >= 0.6 is 0 Å². The van der Waals surface area contributed by atoms with Gasteiger partial charge < -0.3 is 25.3 Å². The van der Waals surface area contributed by atoms with Crippen LogP contribution in [0.3, 0.4) is 0 Å². The van der Waals surface area contributed by atoms with E-state index in [1.807, 2.05) is 24.0 Å². The molecular weight excluding hydrogens is 412 g/mol. The van der Waals surface area contributed by atoms with Crippen molar-refractivity contribution >= 4 is 28.6 Å². The number of nitro groups is 1. The van der Waals surface area contributed by atoms with Crippen molar-refractivity contribution in [1.29, 1.82) is 0 Å². The van der Waals surface area contributed by atoms with Crippen molar-refractivity contribution in [2.75, 3.05) is 42.3 Å². The van der Waals surface area contributed by atoms with E-state index in [1.54, 1.807) is 31.4 Å². The van der Waals surface area contributed by atoms with Crippen LogP contribution in [0.25, 0.3) is 11.3 Å². The van der Waals surface area contributed by atoms with Gasteiger partial charge in [0.1, 0.15) is 5.69 Å². The first-order valence-corrected chi connectivity index (χ1v) is 10.2. The fourth-order valence-corrected chi connectivity index (χ4v) is 3.70. The first-order chi connectivity index (χ1) is 15.3. The summed E-state index contributed by atoms with van der Waals surface area (Å²) < 4.78 is 6.76. The van der Waals surface area contributed by atoms with E-state index >= 15 is 0 Å². The lowest BCUT2D eigenvalue weighted by molar-refractivity contribution is -0.384. The average molecular weight is 436 g/mol. The third-order valence-electron chi connectivity index (χ3n) is 5.51. The molecule has 1 aliphatic heterocycles. The molecule has 1 fully saturated rings. The van der Waals surface area contributed by atoms with Gasteiger partial charge in [0.05, 0.1) is 23.8 Å². The molecular formula is C22H24N6O4. The Balaban J connectivity index is 1.71. The van der Waals surface area contributed by atoms with E-state index in [4.69, 9.17) is 10.5 Å². The van der Waals surface area contributed by atoms with Crippen molar-refractivity contribution < 1.29 is 9.66 Å². The highest BCUT2D eigenvalue weighted by molar-refractivity contribution is 5.73. The Morgan fingerprint density at radius 1 is 1.22 bits per heavy atom. The predicted molar refractivity (Wildman–Crippen MR) is 123 cm³/mol. The van der Waals surface area contributed by atoms with Gasteiger partial charge in [0, 0.05) is 49.3 Å². The number of nitrogens with two attached hydrogens (primary N) is 1. The van der Waals surface area contributed by atoms with Crippen LogP contribution in [-0.4, -0.2) is 40.8 Å². The summed E-state index contributed by atoms with van der Waals surface area (Å²) >= 11 is 0. The zero-order chi connectivity index (χ0) is 22.8. The Labute approximate surface area is 184 Å². The third-order valence-corrected chi connectivity index (χ3v) is 5.51. The van der Waals surface area contributed by atoms with Crippen LogP contribution in [0.1, 0.15) is 5.56 Å². The number of nitrogens with zero attached hydrogens (tertiary/aromatic N) is 4. The van der Waals surface area contributed by atoms with Crippen molar-refractivity contribution in [1.82, 2.24) is 9.55 Å². The Kier molecular flexibility index (Phi) is 5.78. The molecule has 0 aliphatic carbocycles. The summed E-state index contributed by atoms with van der Waals surface area (Å²) in [4.78, 5) is 30.4. The van der Waals surface area contributed by atoms with Gasteiger partial charge in [-0.05, 0) is 30.7 Å². The second-order valence-corrected chi connectivity index (χ2v) is 7.60. The standard InChI is InChI=1S/C22H24N6O4/c1-14-16(4-3-5-17(14)23)18-13-26(2)22(29)21(25-18)24-15-6-7-19(20(12-15)28(30)31)27-8-10-32-11-9-27/h3-7,12-13H,8-11,23H2,1-2H3,(H,24,25). The summed E-state index contributed by atoms with van der Waals surface area (Å²) in [5.41, 5.74) is 9.40. The van der Waals surface area contributed by atoms with Gasteiger partial charge in [-0.3, -0.25) is 14.9 Å². The molecule has 1 aliphatic rings. The van der Waals surface area contributed by atoms with Gasteiger partial charge in [-0.15, -0.1) is 0 Å². The summed E-state index contributed by atoms with van der Waals surface area (Å²) in [6.07, 6.45) is 1.64. The van der Waals surface area contributed by atoms with E-state index in [2.05, 4.69) is 10.3 Å². The van der Waals surface area contributed by atoms with Crippen LogP contribution in [0.15, 0.2) is 47.4 Å².